The van der Waals surface area contributed by atoms with Gasteiger partial charge < -0.3 is 19.7 Å². The van der Waals surface area contributed by atoms with Crippen LogP contribution in [0.5, 0.6) is 0 Å². The Balaban J connectivity index is 0.000000160. The fraction of sp³-hybridized carbons (Fsp3) is 0.806. The number of nitrogens with zero attached hydrogens (tertiary/aromatic N) is 5. The zero-order valence-corrected chi connectivity index (χ0v) is 46.3. The third-order valence-corrected chi connectivity index (χ3v) is 23.4. The van der Waals surface area contributed by atoms with Gasteiger partial charge in [0.15, 0.2) is 11.5 Å². The first-order chi connectivity index (χ1) is 35.1. The summed E-state index contributed by atoms with van der Waals surface area (Å²) < 4.78 is 13.0. The standard InChI is InChI=1S/C30H41N3O3.C26H41BrO3.C5H4N2.CH4/c1-3-36-19-29(35)13-14-30(20-4-5-20)21(16-29)6-7-23-24-8-9-26(28(24,2)12-10-25(23)30)27(34)18-33-15-11-22(17-31)32-33;1-3-30-16-25(29)12-13-26(17-4-5-17)18(14-25)6-7-19-20-8-9-22(23(28)15-27)24(20,2)11-10-21(19)26;6-3-5-1-2-7-4-5;/h9,11,15,20-21,23-25,35H,3-8,10,12-14,16,18-19H2,1-2H3;17-22,29H,3-16H2,1-2H3;1-2H,4H2;1H4/t21-,23+,24+,25+,28+,29-,30-;18-,19+,20+,21+,22-,24+,25-,26-;;/m11../s1. The number of hydrogen-bond acceptors (Lipinski definition) is 10. The van der Waals surface area contributed by atoms with Gasteiger partial charge in [-0.3, -0.25) is 19.3 Å². The molecule has 0 spiro atoms. The highest BCUT2D eigenvalue weighted by Crippen LogP contribution is 2.74. The molecule has 0 saturated heterocycles. The Morgan fingerprint density at radius 2 is 1.32 bits per heavy atom. The van der Waals surface area contributed by atoms with Crippen LogP contribution < -0.4 is 0 Å². The molecule has 11 aliphatic rings. The van der Waals surface area contributed by atoms with E-state index in [4.69, 9.17) is 20.0 Å². The molecule has 11 nitrogen and oxygen atoms in total. The number of nitriles is 2. The van der Waals surface area contributed by atoms with E-state index in [1.54, 1.807) is 29.2 Å². The Kier molecular flexibility index (Phi) is 16.6. The van der Waals surface area contributed by atoms with Gasteiger partial charge in [-0.05, 0) is 247 Å². The quantitative estimate of drug-likeness (QED) is 0.182. The number of fused-ring (bicyclic) bond motifs is 10. The molecule has 12 rings (SSSR count). The van der Waals surface area contributed by atoms with Gasteiger partial charge in [0.05, 0.1) is 47.9 Å². The zero-order valence-electron chi connectivity index (χ0n) is 44.7. The fourth-order valence-electron chi connectivity index (χ4n) is 19.6. The largest absolute Gasteiger partial charge is 0.387 e. The molecule has 9 saturated carbocycles. The Morgan fingerprint density at radius 1 is 0.743 bits per heavy atom. The van der Waals surface area contributed by atoms with Crippen LogP contribution in [-0.2, 0) is 25.6 Å². The van der Waals surface area contributed by atoms with Gasteiger partial charge >= 0.3 is 0 Å². The topological polar surface area (TPSA) is 171 Å². The Labute approximate surface area is 452 Å². The van der Waals surface area contributed by atoms with E-state index >= 15 is 0 Å². The number of rotatable bonds is 13. The number of Topliss-reactive ketones (excluding diaryl/α,β-unsaturated/α-hetero) is 2. The minimum Gasteiger partial charge on any atom is -0.387 e. The monoisotopic (exact) mass is 1080 g/mol. The van der Waals surface area contributed by atoms with Crippen molar-refractivity contribution in [3.63, 3.8) is 0 Å². The lowest BCUT2D eigenvalue weighted by Crippen LogP contribution is -2.58. The van der Waals surface area contributed by atoms with Crippen LogP contribution in [-0.4, -0.2) is 87.3 Å². The van der Waals surface area contributed by atoms with E-state index in [2.05, 4.69) is 45.9 Å². The summed E-state index contributed by atoms with van der Waals surface area (Å²) in [6.07, 6.45) is 32.2. The number of aliphatic hydroxyl groups is 2. The lowest BCUT2D eigenvalue weighted by atomic mass is 9.42. The van der Waals surface area contributed by atoms with Crippen molar-refractivity contribution in [2.75, 3.05) is 38.3 Å². The summed E-state index contributed by atoms with van der Waals surface area (Å²) in [5, 5.41) is 44.7. The normalized spacial score (nSPS) is 42.2. The maximum atomic E-state index is 13.4. The first-order valence-corrected chi connectivity index (χ1v) is 30.2. The average Bonchev–Trinajstić information content (AvgIpc) is 4.25. The number of alkyl halides is 1. The summed E-state index contributed by atoms with van der Waals surface area (Å²) in [7, 11) is 0. The fourth-order valence-corrected chi connectivity index (χ4v) is 20.0. The molecule has 0 unspecified atom stereocenters. The predicted molar refractivity (Wildman–Crippen MR) is 292 cm³/mol. The Hall–Kier alpha value is -3.00. The molecular weight excluding hydrogens is 991 g/mol. The van der Waals surface area contributed by atoms with Crippen molar-refractivity contribution in [3.8, 4) is 12.1 Å². The van der Waals surface area contributed by atoms with Crippen molar-refractivity contribution in [3.05, 3.63) is 41.3 Å². The van der Waals surface area contributed by atoms with Crippen molar-refractivity contribution in [2.45, 2.75) is 188 Å². The Morgan fingerprint density at radius 3 is 1.82 bits per heavy atom. The molecule has 0 bridgehead atoms. The third-order valence-electron chi connectivity index (χ3n) is 22.8. The van der Waals surface area contributed by atoms with E-state index in [1.807, 2.05) is 26.0 Å². The lowest BCUT2D eigenvalue weighted by Gasteiger charge is -2.63. The summed E-state index contributed by atoms with van der Waals surface area (Å²) in [4.78, 5) is 30.0. The van der Waals surface area contributed by atoms with E-state index in [9.17, 15) is 19.8 Å². The second-order valence-electron chi connectivity index (χ2n) is 26.0. The van der Waals surface area contributed by atoms with Gasteiger partial charge in [0.2, 0.25) is 0 Å². The predicted octanol–water partition coefficient (Wildman–Crippen LogP) is 12.0. The highest BCUT2D eigenvalue weighted by molar-refractivity contribution is 9.09. The van der Waals surface area contributed by atoms with Crippen LogP contribution in [0.2, 0.25) is 0 Å². The molecule has 9 fully saturated rings. The van der Waals surface area contributed by atoms with Crippen molar-refractivity contribution in [1.82, 2.24) is 9.78 Å². The maximum absolute atomic E-state index is 13.4. The van der Waals surface area contributed by atoms with Crippen LogP contribution >= 0.6 is 15.9 Å². The van der Waals surface area contributed by atoms with Gasteiger partial charge in [-0.2, -0.15) is 15.6 Å². The average molecular weight is 1080 g/mol. The van der Waals surface area contributed by atoms with Gasteiger partial charge in [0.25, 0.3) is 0 Å². The highest BCUT2D eigenvalue weighted by Gasteiger charge is 2.68. The molecular formula is C62H90BrN5O6. The van der Waals surface area contributed by atoms with E-state index in [-0.39, 0.29) is 36.5 Å². The number of allylic oxidation sites excluding steroid dienone is 3. The molecule has 0 amide bonds. The molecule has 1 aromatic heterocycles. The third kappa shape index (κ3) is 9.96. The number of ketones is 2. The van der Waals surface area contributed by atoms with Crippen molar-refractivity contribution in [2.24, 2.45) is 91.7 Å². The Bertz CT molecular complexity index is 2400. The number of hydrogen-bond donors (Lipinski definition) is 2. The number of carbonyl (C=O) groups is 2. The van der Waals surface area contributed by atoms with Gasteiger partial charge in [0, 0.05) is 31.5 Å². The van der Waals surface area contributed by atoms with Gasteiger partial charge in [-0.1, -0.05) is 43.3 Å². The minimum atomic E-state index is -0.651. The minimum absolute atomic E-state index is 0. The molecule has 74 heavy (non-hydrogen) atoms. The van der Waals surface area contributed by atoms with Crippen LogP contribution in [0.15, 0.2) is 40.6 Å². The number of aromatic nitrogens is 2. The highest BCUT2D eigenvalue weighted by atomic mass is 79.9. The SMILES string of the molecule is C.CCOC[C@@]1(O)CC[C@@]2(C3CC3)[C@H](CC[C@@H]3[C@@H]2CC[C@]2(C)C(C(=O)Cn4ccc(C#N)n4)=CC[C@@H]32)C1.CCOC[C@@]1(O)CC[C@@]2(C3CC3)[C@H](CC[C@H]3[C@@H]4CC[C@H](C(=O)CBr)[C@@]4(C)CC[C@@H]32)C1.N#CC1=CC=NC1. The van der Waals surface area contributed by atoms with Crippen LogP contribution in [0.3, 0.4) is 0 Å². The van der Waals surface area contributed by atoms with Crippen molar-refractivity contribution in [1.29, 1.82) is 10.5 Å². The molecule has 2 N–H and O–H groups in total. The van der Waals surface area contributed by atoms with E-state index in [0.717, 1.165) is 98.0 Å². The molecule has 2 heterocycles. The molecule has 12 heteroatoms. The maximum Gasteiger partial charge on any atom is 0.180 e. The number of aliphatic imine (C=N–C) groups is 1. The molecule has 0 radical (unpaired) electrons. The molecule has 0 aromatic carbocycles. The molecule has 1 aromatic rings. The smallest absolute Gasteiger partial charge is 0.180 e. The number of carbonyl (C=O) groups excluding carboxylic acids is 2. The number of halogens is 1. The molecule has 10 aliphatic carbocycles. The van der Waals surface area contributed by atoms with Gasteiger partial charge in [-0.25, -0.2) is 0 Å². The summed E-state index contributed by atoms with van der Waals surface area (Å²) in [5.41, 5.74) is 1.91. The second kappa shape index (κ2) is 22.0. The summed E-state index contributed by atoms with van der Waals surface area (Å²) in [5.74, 6) is 8.24. The summed E-state index contributed by atoms with van der Waals surface area (Å²) >= 11 is 3.46. The van der Waals surface area contributed by atoms with Crippen LogP contribution in [0.4, 0.5) is 0 Å². The summed E-state index contributed by atoms with van der Waals surface area (Å²) in [6, 6.07) is 5.72. The molecule has 406 valence electrons. The van der Waals surface area contributed by atoms with Crippen molar-refractivity contribution >= 4 is 33.7 Å². The molecule has 1 aliphatic heterocycles. The van der Waals surface area contributed by atoms with Gasteiger partial charge in [0.1, 0.15) is 18.4 Å². The van der Waals surface area contributed by atoms with Crippen LogP contribution in [0, 0.1) is 109 Å². The van der Waals surface area contributed by atoms with E-state index in [1.165, 1.54) is 83.5 Å². The van der Waals surface area contributed by atoms with Crippen molar-refractivity contribution < 1.29 is 29.3 Å². The summed E-state index contributed by atoms with van der Waals surface area (Å²) in [6.45, 7) is 12.0. The van der Waals surface area contributed by atoms with Crippen LogP contribution in [0.1, 0.15) is 176 Å². The van der Waals surface area contributed by atoms with E-state index < -0.39 is 11.2 Å². The first-order valence-electron chi connectivity index (χ1n) is 29.1. The first kappa shape index (κ1) is 55.7. The second-order valence-corrected chi connectivity index (χ2v) is 26.6. The lowest BCUT2D eigenvalue weighted by molar-refractivity contribution is -0.180. The van der Waals surface area contributed by atoms with Gasteiger partial charge in [-0.15, -0.1) is 0 Å². The molecule has 15 atom stereocenters. The van der Waals surface area contributed by atoms with Crippen LogP contribution in [0.25, 0.3) is 0 Å². The number of ether oxygens (including phenoxy) is 2. The zero-order chi connectivity index (χ0) is 51.4. The van der Waals surface area contributed by atoms with E-state index in [0.29, 0.717) is 84.3 Å².